The lowest BCUT2D eigenvalue weighted by Crippen LogP contribution is -2.99. The van der Waals surface area contributed by atoms with E-state index >= 15 is 9.90 Å². The highest BCUT2D eigenvalue weighted by Crippen LogP contribution is 2.67. The highest BCUT2D eigenvalue weighted by Gasteiger charge is 2.87. The second kappa shape index (κ2) is 26.5. The number of likely N-dealkylation sites (tertiary alicyclic amines) is 2. The molecule has 8 heteroatoms. The van der Waals surface area contributed by atoms with Gasteiger partial charge in [0, 0.05) is 83.0 Å². The van der Waals surface area contributed by atoms with Gasteiger partial charge in [-0.25, -0.2) is 0 Å². The molecule has 0 aromatic rings. The molecule has 0 spiro atoms. The van der Waals surface area contributed by atoms with Gasteiger partial charge in [-0.3, -0.25) is 0 Å². The summed E-state index contributed by atoms with van der Waals surface area (Å²) >= 11 is 0. The Hall–Kier alpha value is -1.22. The fourth-order valence-electron chi connectivity index (χ4n) is 13.9. The van der Waals surface area contributed by atoms with Crippen molar-refractivity contribution in [2.75, 3.05) is 13.2 Å². The summed E-state index contributed by atoms with van der Waals surface area (Å²) < 4.78 is 0.212. The van der Waals surface area contributed by atoms with E-state index in [1.165, 1.54) is 51.4 Å². The molecule has 0 saturated carbocycles. The van der Waals surface area contributed by atoms with Gasteiger partial charge in [0.25, 0.3) is 0 Å². The molecule has 2 aliphatic heterocycles. The summed E-state index contributed by atoms with van der Waals surface area (Å²) in [5.41, 5.74) is -3.42. The van der Waals surface area contributed by atoms with Crippen molar-refractivity contribution in [3.05, 3.63) is 0 Å². The monoisotopic (exact) mass is 849 g/mol. The highest BCUT2D eigenvalue weighted by molar-refractivity contribution is 5.73. The van der Waals surface area contributed by atoms with Gasteiger partial charge < -0.3 is 19.8 Å². The summed E-state index contributed by atoms with van der Waals surface area (Å²) in [4.78, 5) is 43.5. The van der Waals surface area contributed by atoms with Crippen molar-refractivity contribution in [2.24, 2.45) is 0 Å². The highest BCUT2D eigenvalue weighted by atomic mass is 16.8. The van der Waals surface area contributed by atoms with Crippen LogP contribution in [0.3, 0.4) is 0 Å². The molecule has 0 bridgehead atoms. The summed E-state index contributed by atoms with van der Waals surface area (Å²) in [5, 5.41) is 27.3. The number of piperidine rings is 2. The quantitative estimate of drug-likeness (QED) is 0.0465. The molecule has 0 aliphatic carbocycles. The van der Waals surface area contributed by atoms with Gasteiger partial charge in [0.1, 0.15) is 35.4 Å². The lowest BCUT2D eigenvalue weighted by molar-refractivity contribution is -1.36. The number of carbonyl (C=O) groups excluding carboxylic acids is 2. The van der Waals surface area contributed by atoms with Crippen LogP contribution in [0.5, 0.6) is 0 Å². The average Bonchev–Trinajstić information content (AvgIpc) is 3.26. The van der Waals surface area contributed by atoms with Crippen LogP contribution in [0.15, 0.2) is 0 Å². The van der Waals surface area contributed by atoms with E-state index in [4.69, 9.17) is 9.68 Å². The number of quaternary nitrogens is 2. The van der Waals surface area contributed by atoms with E-state index in [1.54, 1.807) is 0 Å². The van der Waals surface area contributed by atoms with Gasteiger partial charge in [-0.15, -0.1) is 9.29 Å². The predicted molar refractivity (Wildman–Crippen MR) is 245 cm³/mol. The van der Waals surface area contributed by atoms with Crippen LogP contribution in [-0.2, 0) is 19.3 Å². The van der Waals surface area contributed by atoms with Gasteiger partial charge in [-0.2, -0.15) is 9.68 Å². The first-order valence-electron chi connectivity index (χ1n) is 26.4. The number of unbranched alkanes of at least 4 members (excludes halogenated alkanes) is 14. The van der Waals surface area contributed by atoms with Crippen LogP contribution >= 0.6 is 0 Å². The maximum atomic E-state index is 16.0. The van der Waals surface area contributed by atoms with Crippen molar-refractivity contribution in [1.82, 2.24) is 0 Å². The van der Waals surface area contributed by atoms with Gasteiger partial charge >= 0.3 is 5.66 Å². The van der Waals surface area contributed by atoms with Crippen molar-refractivity contribution in [3.63, 3.8) is 0 Å². The molecule has 60 heavy (non-hydrogen) atoms. The zero-order valence-corrected chi connectivity index (χ0v) is 41.6. The van der Waals surface area contributed by atoms with Crippen LogP contribution < -0.4 is 10.2 Å². The van der Waals surface area contributed by atoms with E-state index in [-0.39, 0.29) is 15.7 Å². The lowest BCUT2D eigenvalue weighted by Gasteiger charge is -2.76. The van der Waals surface area contributed by atoms with Crippen LogP contribution in [0.1, 0.15) is 281 Å². The van der Waals surface area contributed by atoms with Crippen LogP contribution in [0.25, 0.3) is 0 Å². The Morgan fingerprint density at radius 2 is 0.750 bits per heavy atom. The molecule has 0 aromatic carbocycles. The molecule has 2 fully saturated rings. The number of hydrogen-bond donors (Lipinski definition) is 0. The first-order valence-corrected chi connectivity index (χ1v) is 26.4. The number of aliphatic carboxylic acids is 2. The Bertz CT molecular complexity index is 1080. The molecule has 0 radical (unpaired) electrons. The van der Waals surface area contributed by atoms with Crippen molar-refractivity contribution < 1.29 is 38.8 Å². The Balaban J connectivity index is 3.28. The van der Waals surface area contributed by atoms with Crippen LogP contribution in [0.2, 0.25) is 0 Å². The molecular weight excluding hydrogens is 749 g/mol. The van der Waals surface area contributed by atoms with Crippen molar-refractivity contribution in [2.45, 2.75) is 309 Å². The Labute approximate surface area is 371 Å². The summed E-state index contributed by atoms with van der Waals surface area (Å²) in [7, 11) is 0. The lowest BCUT2D eigenvalue weighted by atomic mass is 9.63. The van der Waals surface area contributed by atoms with E-state index in [2.05, 4.69) is 69.2 Å². The van der Waals surface area contributed by atoms with Crippen molar-refractivity contribution >= 4 is 11.9 Å². The molecule has 8 nitrogen and oxygen atoms in total. The normalized spacial score (nSPS) is 20.2. The zero-order chi connectivity index (χ0) is 44.8. The second-order valence-corrected chi connectivity index (χ2v) is 19.6. The number of rotatable bonds is 35. The number of hydrogen-bond acceptors (Lipinski definition) is 6. The number of carboxylic acids is 2. The third-order valence-electron chi connectivity index (χ3n) is 17.3. The molecule has 0 atom stereocenters. The van der Waals surface area contributed by atoms with Crippen LogP contribution in [-0.4, -0.2) is 62.3 Å². The molecule has 2 rings (SSSR count). The van der Waals surface area contributed by atoms with Crippen molar-refractivity contribution in [3.8, 4) is 0 Å². The van der Waals surface area contributed by atoms with Crippen LogP contribution in [0, 0.1) is 0 Å². The molecule has 354 valence electrons. The summed E-state index contributed by atoms with van der Waals surface area (Å²) in [6.07, 6.45) is 30.3. The molecule has 2 heterocycles. The number of carboxylic acid groups (broad SMARTS) is 2. The number of carbonyl (C=O) groups is 2. The van der Waals surface area contributed by atoms with Gasteiger partial charge in [-0.1, -0.05) is 153 Å². The SMILES string of the molecule is CCCCCCCCO[N+]1(C(CCCCCCCC(=O)[O-])(C(=O)[O-])[N+]2(OCCCCCCCC)C(CC)(CC)CCCC2(CC)CC)C(CC)(CC)CCCC1(CC)CC. The van der Waals surface area contributed by atoms with Crippen LogP contribution in [0.4, 0.5) is 0 Å². The Kier molecular flexibility index (Phi) is 24.3. The van der Waals surface area contributed by atoms with E-state index in [1.807, 2.05) is 0 Å². The van der Waals surface area contributed by atoms with E-state index < -0.39 is 39.8 Å². The molecule has 2 aliphatic rings. The molecule has 0 amide bonds. The standard InChI is InChI=1S/C52H100N2O6/c1-11-21-23-25-30-34-44-59-53(48(13-3,14-4)39-36-40-49(53,15-5)16-6)52(47(57)58,43-33-29-27-28-32-38-46(55)56)54(60-45-35-31-26-24-22-12-2)50(17-7,18-8)41-37-42-51(54,19-9)20-10/h11-45H2,1-10H3. The molecule has 2 saturated heterocycles. The molecule has 0 unspecified atom stereocenters. The Morgan fingerprint density at radius 3 is 1.05 bits per heavy atom. The molecule has 0 N–H and O–H groups in total. The largest absolute Gasteiger partial charge is 0.550 e. The van der Waals surface area contributed by atoms with Gasteiger partial charge in [0.05, 0.1) is 6.42 Å². The van der Waals surface area contributed by atoms with Gasteiger partial charge in [-0.05, 0) is 44.9 Å². The smallest absolute Gasteiger partial charge is 0.327 e. The van der Waals surface area contributed by atoms with Gasteiger partial charge in [0.2, 0.25) is 0 Å². The maximum Gasteiger partial charge on any atom is 0.327 e. The minimum absolute atomic E-state index is 0.0671. The van der Waals surface area contributed by atoms with E-state index in [0.29, 0.717) is 32.5 Å². The zero-order valence-electron chi connectivity index (χ0n) is 41.6. The van der Waals surface area contributed by atoms with Crippen molar-refractivity contribution in [1.29, 1.82) is 0 Å². The minimum Gasteiger partial charge on any atom is -0.550 e. The van der Waals surface area contributed by atoms with E-state index in [9.17, 15) is 9.90 Å². The summed E-state index contributed by atoms with van der Waals surface area (Å²) in [6, 6.07) is 0. The third-order valence-corrected chi connectivity index (χ3v) is 17.3. The average molecular weight is 849 g/mol. The fourth-order valence-corrected chi connectivity index (χ4v) is 13.9. The molecular formula is C52H100N2O6. The number of hydroxylamine groups is 6. The maximum absolute atomic E-state index is 16.0. The third kappa shape index (κ3) is 10.5. The summed E-state index contributed by atoms with van der Waals surface area (Å²) in [6.45, 7) is 24.1. The van der Waals surface area contributed by atoms with E-state index in [0.717, 1.165) is 135 Å². The first kappa shape index (κ1) is 54.9. The fraction of sp³-hybridized carbons (Fsp3) is 0.962. The number of nitrogens with zero attached hydrogens (tertiary/aromatic N) is 2. The van der Waals surface area contributed by atoms with Gasteiger partial charge in [0.15, 0.2) is 5.97 Å². The minimum atomic E-state index is -1.56. The Morgan fingerprint density at radius 1 is 0.450 bits per heavy atom. The topological polar surface area (TPSA) is 98.7 Å². The second-order valence-electron chi connectivity index (χ2n) is 19.6. The first-order chi connectivity index (χ1) is 28.9. The predicted octanol–water partition coefficient (Wildman–Crippen LogP) is 12.7. The molecule has 0 aromatic heterocycles. The summed E-state index contributed by atoms with van der Waals surface area (Å²) in [5.74, 6) is -1.97.